The van der Waals surface area contributed by atoms with Crippen LogP contribution in [0, 0.1) is 11.6 Å². The number of carbonyl (C=O) groups is 1. The molecule has 0 spiro atoms. The van der Waals surface area contributed by atoms with Crippen molar-refractivity contribution in [1.82, 2.24) is 5.32 Å². The van der Waals surface area contributed by atoms with Crippen LogP contribution in [0.5, 0.6) is 0 Å². The summed E-state index contributed by atoms with van der Waals surface area (Å²) in [5.41, 5.74) is -0.499. The zero-order chi connectivity index (χ0) is 13.2. The number of carbonyl (C=O) groups excluding carboxylic acids is 1. The number of rotatable bonds is 2. The monoisotopic (exact) mass is 271 g/mol. The number of thioether (sulfide) groups is 1. The van der Waals surface area contributed by atoms with Gasteiger partial charge in [0.15, 0.2) is 0 Å². The molecular weight excluding hydrogens is 256 g/mol. The molecule has 2 rings (SSSR count). The second-order valence-corrected chi connectivity index (χ2v) is 5.72. The third-order valence-corrected chi connectivity index (χ3v) is 4.19. The molecule has 0 atom stereocenters. The van der Waals surface area contributed by atoms with E-state index in [1.54, 1.807) is 11.8 Å². The first-order valence-corrected chi connectivity index (χ1v) is 7.01. The topological polar surface area (TPSA) is 29.1 Å². The summed E-state index contributed by atoms with van der Waals surface area (Å²) in [4.78, 5) is 11.4. The SMILES string of the molecule is CC(=O)NC1(c2cc(F)ccc2F)CCSCC1. The van der Waals surface area contributed by atoms with Crippen LogP contribution < -0.4 is 5.32 Å². The van der Waals surface area contributed by atoms with Crippen LogP contribution >= 0.6 is 11.8 Å². The van der Waals surface area contributed by atoms with E-state index in [4.69, 9.17) is 0 Å². The normalized spacial score (nSPS) is 18.4. The molecule has 1 heterocycles. The number of halogens is 2. The predicted molar refractivity (Wildman–Crippen MR) is 68.4 cm³/mol. The molecule has 0 aromatic heterocycles. The molecule has 1 aliphatic rings. The van der Waals surface area contributed by atoms with Crippen molar-refractivity contribution in [2.45, 2.75) is 25.3 Å². The van der Waals surface area contributed by atoms with Crippen LogP contribution in [0.25, 0.3) is 0 Å². The van der Waals surface area contributed by atoms with Gasteiger partial charge in [0.2, 0.25) is 5.91 Å². The van der Waals surface area contributed by atoms with E-state index < -0.39 is 17.2 Å². The van der Waals surface area contributed by atoms with Gasteiger partial charge in [-0.05, 0) is 42.5 Å². The molecule has 18 heavy (non-hydrogen) atoms. The van der Waals surface area contributed by atoms with Crippen molar-refractivity contribution in [3.05, 3.63) is 35.4 Å². The first kappa shape index (κ1) is 13.3. The van der Waals surface area contributed by atoms with Gasteiger partial charge in [0.05, 0.1) is 5.54 Å². The number of hydrogen-bond donors (Lipinski definition) is 1. The minimum Gasteiger partial charge on any atom is -0.347 e. The summed E-state index contributed by atoms with van der Waals surface area (Å²) in [7, 11) is 0. The molecule has 98 valence electrons. The third-order valence-electron chi connectivity index (χ3n) is 3.21. The molecule has 0 bridgehead atoms. The van der Waals surface area contributed by atoms with Crippen molar-refractivity contribution in [2.75, 3.05) is 11.5 Å². The average Bonchev–Trinajstić information content (AvgIpc) is 2.32. The fourth-order valence-electron chi connectivity index (χ4n) is 2.38. The smallest absolute Gasteiger partial charge is 0.217 e. The van der Waals surface area contributed by atoms with Crippen LogP contribution in [0.2, 0.25) is 0 Å². The molecule has 1 aromatic carbocycles. The lowest BCUT2D eigenvalue weighted by atomic mass is 9.83. The van der Waals surface area contributed by atoms with Gasteiger partial charge in [0, 0.05) is 12.5 Å². The van der Waals surface area contributed by atoms with E-state index >= 15 is 0 Å². The largest absolute Gasteiger partial charge is 0.347 e. The second kappa shape index (κ2) is 5.26. The zero-order valence-corrected chi connectivity index (χ0v) is 10.9. The van der Waals surface area contributed by atoms with Crippen molar-refractivity contribution < 1.29 is 13.6 Å². The Morgan fingerprint density at radius 1 is 1.33 bits per heavy atom. The number of hydrogen-bond acceptors (Lipinski definition) is 2. The van der Waals surface area contributed by atoms with Gasteiger partial charge in [0.25, 0.3) is 0 Å². The molecule has 0 aliphatic carbocycles. The first-order valence-electron chi connectivity index (χ1n) is 5.85. The zero-order valence-electron chi connectivity index (χ0n) is 10.1. The van der Waals surface area contributed by atoms with Gasteiger partial charge in [-0.25, -0.2) is 8.78 Å². The maximum absolute atomic E-state index is 13.9. The Labute approximate surface area is 109 Å². The summed E-state index contributed by atoms with van der Waals surface area (Å²) < 4.78 is 27.2. The Hall–Kier alpha value is -1.10. The van der Waals surface area contributed by atoms with E-state index in [-0.39, 0.29) is 11.5 Å². The maximum atomic E-state index is 13.9. The molecular formula is C13H15F2NOS. The van der Waals surface area contributed by atoms with Crippen LogP contribution in [0.4, 0.5) is 8.78 Å². The van der Waals surface area contributed by atoms with E-state index in [2.05, 4.69) is 5.32 Å². The number of benzene rings is 1. The minimum absolute atomic E-state index is 0.217. The molecule has 1 amide bonds. The summed E-state index contributed by atoms with van der Waals surface area (Å²) in [6, 6.07) is 3.41. The number of nitrogens with one attached hydrogen (secondary N) is 1. The van der Waals surface area contributed by atoms with E-state index in [0.717, 1.165) is 23.6 Å². The fraction of sp³-hybridized carbons (Fsp3) is 0.462. The Kier molecular flexibility index (Phi) is 3.90. The Morgan fingerprint density at radius 2 is 2.00 bits per heavy atom. The summed E-state index contributed by atoms with van der Waals surface area (Å²) in [6.07, 6.45) is 1.25. The highest BCUT2D eigenvalue weighted by Gasteiger charge is 2.37. The van der Waals surface area contributed by atoms with Crippen molar-refractivity contribution in [2.24, 2.45) is 0 Å². The van der Waals surface area contributed by atoms with Crippen LogP contribution in [-0.2, 0) is 10.3 Å². The van der Waals surface area contributed by atoms with Gasteiger partial charge >= 0.3 is 0 Å². The maximum Gasteiger partial charge on any atom is 0.217 e. The minimum atomic E-state index is -0.761. The lowest BCUT2D eigenvalue weighted by Crippen LogP contribution is -2.48. The molecule has 1 fully saturated rings. The lowest BCUT2D eigenvalue weighted by molar-refractivity contribution is -0.121. The first-order chi connectivity index (χ1) is 8.53. The summed E-state index contributed by atoms with van der Waals surface area (Å²) in [5.74, 6) is 0.504. The molecule has 0 unspecified atom stereocenters. The van der Waals surface area contributed by atoms with Gasteiger partial charge in [-0.15, -0.1) is 0 Å². The molecule has 1 N–H and O–H groups in total. The molecule has 0 radical (unpaired) electrons. The summed E-state index contributed by atoms with van der Waals surface area (Å²) >= 11 is 1.76. The van der Waals surface area contributed by atoms with Crippen LogP contribution in [-0.4, -0.2) is 17.4 Å². The van der Waals surface area contributed by atoms with E-state index in [0.29, 0.717) is 12.8 Å². The highest BCUT2D eigenvalue weighted by atomic mass is 32.2. The van der Waals surface area contributed by atoms with E-state index in [9.17, 15) is 13.6 Å². The van der Waals surface area contributed by atoms with Crippen molar-refractivity contribution >= 4 is 17.7 Å². The van der Waals surface area contributed by atoms with Crippen LogP contribution in [0.3, 0.4) is 0 Å². The van der Waals surface area contributed by atoms with Gasteiger partial charge in [-0.3, -0.25) is 4.79 Å². The molecule has 5 heteroatoms. The lowest BCUT2D eigenvalue weighted by Gasteiger charge is -2.38. The molecule has 1 aliphatic heterocycles. The number of amides is 1. The quantitative estimate of drug-likeness (QED) is 0.896. The van der Waals surface area contributed by atoms with Crippen molar-refractivity contribution in [3.63, 3.8) is 0 Å². The molecule has 1 aromatic rings. The average molecular weight is 271 g/mol. The van der Waals surface area contributed by atoms with E-state index in [1.165, 1.54) is 13.0 Å². The second-order valence-electron chi connectivity index (χ2n) is 4.50. The molecule has 2 nitrogen and oxygen atoms in total. The Bertz CT molecular complexity index is 458. The summed E-state index contributed by atoms with van der Waals surface area (Å²) in [5, 5.41) is 2.82. The molecule has 0 saturated carbocycles. The van der Waals surface area contributed by atoms with E-state index in [1.807, 2.05) is 0 Å². The highest BCUT2D eigenvalue weighted by Crippen LogP contribution is 2.37. The van der Waals surface area contributed by atoms with Gasteiger partial charge in [0.1, 0.15) is 11.6 Å². The van der Waals surface area contributed by atoms with Gasteiger partial charge < -0.3 is 5.32 Å². The Balaban J connectivity index is 2.44. The highest BCUT2D eigenvalue weighted by molar-refractivity contribution is 7.99. The Morgan fingerprint density at radius 3 is 2.61 bits per heavy atom. The van der Waals surface area contributed by atoms with Gasteiger partial charge in [-0.2, -0.15) is 11.8 Å². The third kappa shape index (κ3) is 2.66. The van der Waals surface area contributed by atoms with Crippen LogP contribution in [0.15, 0.2) is 18.2 Å². The summed E-state index contributed by atoms with van der Waals surface area (Å²) in [6.45, 7) is 1.40. The fourth-order valence-corrected chi connectivity index (χ4v) is 3.57. The van der Waals surface area contributed by atoms with Crippen molar-refractivity contribution in [3.8, 4) is 0 Å². The molecule has 1 saturated heterocycles. The standard InChI is InChI=1S/C13H15F2NOS/c1-9(17)16-13(4-6-18-7-5-13)11-8-10(14)2-3-12(11)15/h2-3,8H,4-7H2,1H3,(H,16,17). The predicted octanol–water partition coefficient (Wildman–Crippen LogP) is 2.82. The van der Waals surface area contributed by atoms with Gasteiger partial charge in [-0.1, -0.05) is 0 Å². The van der Waals surface area contributed by atoms with Crippen LogP contribution in [0.1, 0.15) is 25.3 Å². The van der Waals surface area contributed by atoms with Crippen molar-refractivity contribution in [1.29, 1.82) is 0 Å².